The van der Waals surface area contributed by atoms with Gasteiger partial charge in [0.15, 0.2) is 0 Å². The molecule has 0 N–H and O–H groups in total. The summed E-state index contributed by atoms with van der Waals surface area (Å²) < 4.78 is 14.4. The first-order chi connectivity index (χ1) is 10.1. The predicted octanol–water partition coefficient (Wildman–Crippen LogP) is 5.19. The lowest BCUT2D eigenvalue weighted by atomic mass is 10.2. The summed E-state index contributed by atoms with van der Waals surface area (Å²) in [5.74, 6) is 0.539. The lowest BCUT2D eigenvalue weighted by Gasteiger charge is -2.23. The van der Waals surface area contributed by atoms with Crippen molar-refractivity contribution >= 4 is 56.5 Å². The van der Waals surface area contributed by atoms with Crippen molar-refractivity contribution < 1.29 is 9.18 Å². The monoisotopic (exact) mass is 405 g/mol. The van der Waals surface area contributed by atoms with Crippen LogP contribution in [0.2, 0.25) is 4.34 Å². The van der Waals surface area contributed by atoms with Crippen molar-refractivity contribution in [3.8, 4) is 0 Å². The highest BCUT2D eigenvalue weighted by Crippen LogP contribution is 2.40. The molecule has 1 aliphatic rings. The molecule has 0 radical (unpaired) electrons. The maximum absolute atomic E-state index is 13.4. The molecule has 0 saturated carbocycles. The van der Waals surface area contributed by atoms with Crippen LogP contribution in [0.5, 0.6) is 0 Å². The number of carbonyl (C=O) groups excluding carboxylic acids is 1. The Hall–Kier alpha value is -0.560. The van der Waals surface area contributed by atoms with Crippen molar-refractivity contribution in [1.29, 1.82) is 0 Å². The van der Waals surface area contributed by atoms with E-state index in [0.717, 1.165) is 11.3 Å². The van der Waals surface area contributed by atoms with Crippen molar-refractivity contribution in [3.63, 3.8) is 0 Å². The van der Waals surface area contributed by atoms with Gasteiger partial charge >= 0.3 is 0 Å². The molecule has 2 aromatic rings. The number of nitrogens with zero attached hydrogens (tertiary/aromatic N) is 1. The smallest absolute Gasteiger partial charge is 0.265 e. The first kappa shape index (κ1) is 15.3. The Bertz CT molecular complexity index is 693. The Balaban J connectivity index is 1.88. The van der Waals surface area contributed by atoms with Gasteiger partial charge in [-0.1, -0.05) is 17.7 Å². The third-order valence-corrected chi connectivity index (χ3v) is 6.25. The maximum atomic E-state index is 13.4. The Labute approximate surface area is 143 Å². The molecular weight excluding hydrogens is 397 g/mol. The van der Waals surface area contributed by atoms with Gasteiger partial charge in [0.2, 0.25) is 0 Å². The summed E-state index contributed by atoms with van der Waals surface area (Å²) in [4.78, 5) is 15.0. The van der Waals surface area contributed by atoms with Crippen LogP contribution in [0.1, 0.15) is 20.6 Å². The molecule has 7 heteroatoms. The summed E-state index contributed by atoms with van der Waals surface area (Å²) in [5.41, 5.74) is 0.918. The predicted molar refractivity (Wildman–Crippen MR) is 89.7 cm³/mol. The number of thiophene rings is 1. The number of hydrogen-bond acceptors (Lipinski definition) is 3. The zero-order valence-electron chi connectivity index (χ0n) is 10.7. The number of carbonyl (C=O) groups is 1. The van der Waals surface area contributed by atoms with Crippen molar-refractivity contribution in [2.45, 2.75) is 5.37 Å². The zero-order chi connectivity index (χ0) is 15.0. The van der Waals surface area contributed by atoms with E-state index in [0.29, 0.717) is 20.2 Å². The molecule has 2 heterocycles. The van der Waals surface area contributed by atoms with Crippen LogP contribution >= 0.6 is 50.6 Å². The lowest BCUT2D eigenvalue weighted by Crippen LogP contribution is -2.29. The summed E-state index contributed by atoms with van der Waals surface area (Å²) >= 11 is 12.1. The summed E-state index contributed by atoms with van der Waals surface area (Å²) in [7, 11) is 0. The fourth-order valence-electron chi connectivity index (χ4n) is 2.19. The SMILES string of the molecule is O=C(c1ccc(Cl)s1)N1CCS[C@@H]1c1ccc(F)c(Br)c1. The Morgan fingerprint density at radius 3 is 2.86 bits per heavy atom. The summed E-state index contributed by atoms with van der Waals surface area (Å²) in [6.07, 6.45) is 0. The van der Waals surface area contributed by atoms with Crippen LogP contribution in [0, 0.1) is 5.82 Å². The normalized spacial score (nSPS) is 18.2. The molecule has 1 aromatic heterocycles. The molecule has 0 bridgehead atoms. The Morgan fingerprint density at radius 1 is 1.38 bits per heavy atom. The molecule has 1 fully saturated rings. The van der Waals surface area contributed by atoms with Gasteiger partial charge in [0, 0.05) is 12.3 Å². The topological polar surface area (TPSA) is 20.3 Å². The van der Waals surface area contributed by atoms with Crippen molar-refractivity contribution in [1.82, 2.24) is 4.90 Å². The average Bonchev–Trinajstić information content (AvgIpc) is 3.10. The highest BCUT2D eigenvalue weighted by Gasteiger charge is 2.32. The second kappa shape index (κ2) is 6.28. The molecule has 1 atom stereocenters. The molecule has 0 spiro atoms. The second-order valence-corrected chi connectivity index (χ2v) is 8.26. The van der Waals surface area contributed by atoms with Crippen LogP contribution in [-0.4, -0.2) is 23.1 Å². The highest BCUT2D eigenvalue weighted by molar-refractivity contribution is 9.10. The highest BCUT2D eigenvalue weighted by atomic mass is 79.9. The summed E-state index contributed by atoms with van der Waals surface area (Å²) in [6.45, 7) is 0.679. The molecule has 1 amide bonds. The van der Waals surface area contributed by atoms with Gasteiger partial charge in [-0.15, -0.1) is 23.1 Å². The van der Waals surface area contributed by atoms with E-state index in [9.17, 15) is 9.18 Å². The van der Waals surface area contributed by atoms with Gasteiger partial charge in [-0.25, -0.2) is 4.39 Å². The third kappa shape index (κ3) is 3.13. The van der Waals surface area contributed by atoms with E-state index in [1.165, 1.54) is 17.4 Å². The van der Waals surface area contributed by atoms with Crippen molar-refractivity contribution in [3.05, 3.63) is 55.4 Å². The van der Waals surface area contributed by atoms with Crippen LogP contribution in [-0.2, 0) is 0 Å². The van der Waals surface area contributed by atoms with E-state index in [-0.39, 0.29) is 17.1 Å². The number of amides is 1. The standard InChI is InChI=1S/C14H10BrClFNOS2/c15-9-7-8(1-2-10(9)17)14-18(5-6-20-14)13(19)11-3-4-12(16)21-11/h1-4,7,14H,5-6H2/t14-/m1/s1. The maximum Gasteiger partial charge on any atom is 0.265 e. The van der Waals surface area contributed by atoms with Crippen LogP contribution < -0.4 is 0 Å². The van der Waals surface area contributed by atoms with E-state index in [1.807, 2.05) is 4.90 Å². The second-order valence-electron chi connectivity index (χ2n) is 4.50. The van der Waals surface area contributed by atoms with Gasteiger partial charge in [-0.3, -0.25) is 4.79 Å². The fourth-order valence-corrected chi connectivity index (χ4v) is 4.83. The number of hydrogen-bond donors (Lipinski definition) is 0. The summed E-state index contributed by atoms with van der Waals surface area (Å²) in [5, 5.41) is -0.0877. The van der Waals surface area contributed by atoms with E-state index in [2.05, 4.69) is 15.9 Å². The zero-order valence-corrected chi connectivity index (χ0v) is 14.7. The van der Waals surface area contributed by atoms with E-state index in [4.69, 9.17) is 11.6 Å². The molecular formula is C14H10BrClFNOS2. The average molecular weight is 407 g/mol. The van der Waals surface area contributed by atoms with E-state index < -0.39 is 0 Å². The first-order valence-electron chi connectivity index (χ1n) is 6.19. The molecule has 21 heavy (non-hydrogen) atoms. The quantitative estimate of drug-likeness (QED) is 0.684. The minimum atomic E-state index is -0.301. The molecule has 2 nitrogen and oxygen atoms in total. The largest absolute Gasteiger partial charge is 0.321 e. The minimum absolute atomic E-state index is 0.0256. The van der Waals surface area contributed by atoms with Gasteiger partial charge in [-0.2, -0.15) is 0 Å². The van der Waals surface area contributed by atoms with Gasteiger partial charge < -0.3 is 4.90 Å². The van der Waals surface area contributed by atoms with Gasteiger partial charge in [-0.05, 0) is 45.8 Å². The van der Waals surface area contributed by atoms with Crippen LogP contribution in [0.15, 0.2) is 34.8 Å². The lowest BCUT2D eigenvalue weighted by molar-refractivity contribution is 0.0765. The number of halogens is 3. The van der Waals surface area contributed by atoms with Crippen LogP contribution in [0.4, 0.5) is 4.39 Å². The molecule has 1 saturated heterocycles. The van der Waals surface area contributed by atoms with Gasteiger partial charge in [0.25, 0.3) is 5.91 Å². The molecule has 0 unspecified atom stereocenters. The van der Waals surface area contributed by atoms with Crippen molar-refractivity contribution in [2.75, 3.05) is 12.3 Å². The molecule has 110 valence electrons. The summed E-state index contributed by atoms with van der Waals surface area (Å²) in [6, 6.07) is 8.36. The van der Waals surface area contributed by atoms with E-state index >= 15 is 0 Å². The molecule has 1 aromatic carbocycles. The van der Waals surface area contributed by atoms with Crippen molar-refractivity contribution in [2.24, 2.45) is 0 Å². The molecule has 3 rings (SSSR count). The molecule has 1 aliphatic heterocycles. The van der Waals surface area contributed by atoms with E-state index in [1.54, 1.807) is 36.0 Å². The minimum Gasteiger partial charge on any atom is -0.321 e. The third-order valence-electron chi connectivity index (χ3n) is 3.16. The molecule has 0 aliphatic carbocycles. The van der Waals surface area contributed by atoms with Crippen LogP contribution in [0.3, 0.4) is 0 Å². The Kier molecular flexibility index (Phi) is 4.59. The number of thioether (sulfide) groups is 1. The number of rotatable bonds is 2. The number of benzene rings is 1. The fraction of sp³-hybridized carbons (Fsp3) is 0.214. The first-order valence-corrected chi connectivity index (χ1v) is 9.23. The van der Waals surface area contributed by atoms with Gasteiger partial charge in [0.05, 0.1) is 13.7 Å². The Morgan fingerprint density at radius 2 is 2.19 bits per heavy atom. The van der Waals surface area contributed by atoms with Crippen LogP contribution in [0.25, 0.3) is 0 Å². The van der Waals surface area contributed by atoms with Gasteiger partial charge in [0.1, 0.15) is 11.2 Å².